The molecular weight excluding hydrogens is 268 g/mol. The summed E-state index contributed by atoms with van der Waals surface area (Å²) in [7, 11) is 0. The van der Waals surface area contributed by atoms with Crippen molar-refractivity contribution in [2.75, 3.05) is 0 Å². The highest BCUT2D eigenvalue weighted by Crippen LogP contribution is 2.26. The second-order valence-corrected chi connectivity index (χ2v) is 7.27. The normalized spacial score (nSPS) is 24.2. The summed E-state index contributed by atoms with van der Waals surface area (Å²) in [5.41, 5.74) is -0.283. The number of carbonyl (C=O) groups excluding carboxylic acids is 1. The molecule has 0 aromatic carbocycles. The van der Waals surface area contributed by atoms with Crippen molar-refractivity contribution >= 4 is 12.0 Å². The van der Waals surface area contributed by atoms with Gasteiger partial charge < -0.3 is 15.7 Å². The second-order valence-electron chi connectivity index (χ2n) is 7.27. The van der Waals surface area contributed by atoms with Crippen molar-refractivity contribution in [3.8, 4) is 0 Å². The molecule has 0 aliphatic heterocycles. The number of carboxylic acids is 1. The molecule has 3 unspecified atom stereocenters. The van der Waals surface area contributed by atoms with Gasteiger partial charge in [0.2, 0.25) is 0 Å². The first-order valence-corrected chi connectivity index (χ1v) is 8.01. The summed E-state index contributed by atoms with van der Waals surface area (Å²) in [4.78, 5) is 23.1. The average molecular weight is 298 g/mol. The zero-order valence-corrected chi connectivity index (χ0v) is 13.7. The molecule has 5 heteroatoms. The molecule has 1 aliphatic carbocycles. The Morgan fingerprint density at radius 1 is 1.29 bits per heavy atom. The van der Waals surface area contributed by atoms with Crippen LogP contribution in [0, 0.1) is 11.3 Å². The maximum absolute atomic E-state index is 12.1. The second kappa shape index (κ2) is 7.66. The minimum absolute atomic E-state index is 0.0564. The van der Waals surface area contributed by atoms with Gasteiger partial charge in [-0.3, -0.25) is 4.79 Å². The summed E-state index contributed by atoms with van der Waals surface area (Å²) in [5, 5.41) is 14.8. The van der Waals surface area contributed by atoms with Gasteiger partial charge >= 0.3 is 12.0 Å². The standard InChI is InChI=1S/C16H30N2O3/c1-5-11-7-6-8-12(9-11)17-15(21)18-13(10-14(19)20)16(2,3)4/h11-13H,5-10H2,1-4H3,(H,19,20)(H2,17,18,21). The molecule has 0 radical (unpaired) electrons. The third kappa shape index (κ3) is 6.36. The van der Waals surface area contributed by atoms with E-state index >= 15 is 0 Å². The maximum Gasteiger partial charge on any atom is 0.315 e. The molecule has 1 aliphatic rings. The van der Waals surface area contributed by atoms with Gasteiger partial charge in [0.25, 0.3) is 0 Å². The van der Waals surface area contributed by atoms with E-state index in [1.54, 1.807) is 0 Å². The topological polar surface area (TPSA) is 78.4 Å². The van der Waals surface area contributed by atoms with Crippen LogP contribution < -0.4 is 10.6 Å². The van der Waals surface area contributed by atoms with E-state index in [2.05, 4.69) is 17.6 Å². The molecule has 1 rings (SSSR count). The van der Waals surface area contributed by atoms with Crippen LogP contribution in [0.25, 0.3) is 0 Å². The molecule has 0 saturated heterocycles. The number of carbonyl (C=O) groups is 2. The van der Waals surface area contributed by atoms with E-state index in [1.165, 1.54) is 6.42 Å². The Labute approximate surface area is 127 Å². The molecule has 0 aromatic heterocycles. The fourth-order valence-corrected chi connectivity index (χ4v) is 2.93. The monoisotopic (exact) mass is 298 g/mol. The number of carboxylic acid groups (broad SMARTS) is 1. The number of hydrogen-bond acceptors (Lipinski definition) is 2. The number of urea groups is 1. The van der Waals surface area contributed by atoms with E-state index in [-0.39, 0.29) is 30.0 Å². The van der Waals surface area contributed by atoms with Crippen molar-refractivity contribution in [3.05, 3.63) is 0 Å². The van der Waals surface area contributed by atoms with Gasteiger partial charge in [0.1, 0.15) is 0 Å². The molecule has 3 N–H and O–H groups in total. The molecule has 21 heavy (non-hydrogen) atoms. The molecule has 0 heterocycles. The smallest absolute Gasteiger partial charge is 0.315 e. The van der Waals surface area contributed by atoms with Gasteiger partial charge in [-0.05, 0) is 24.2 Å². The molecule has 0 bridgehead atoms. The summed E-state index contributed by atoms with van der Waals surface area (Å²) in [6, 6.07) is -0.396. The van der Waals surface area contributed by atoms with Gasteiger partial charge in [-0.15, -0.1) is 0 Å². The van der Waals surface area contributed by atoms with Gasteiger partial charge in [0.05, 0.1) is 6.42 Å². The van der Waals surface area contributed by atoms with Crippen LogP contribution in [0.2, 0.25) is 0 Å². The Bertz CT molecular complexity index is 363. The van der Waals surface area contributed by atoms with Crippen molar-refractivity contribution in [2.24, 2.45) is 11.3 Å². The van der Waals surface area contributed by atoms with Gasteiger partial charge in [-0.2, -0.15) is 0 Å². The molecule has 1 fully saturated rings. The van der Waals surface area contributed by atoms with Crippen molar-refractivity contribution in [3.63, 3.8) is 0 Å². The van der Waals surface area contributed by atoms with Crippen molar-refractivity contribution < 1.29 is 14.7 Å². The average Bonchev–Trinajstić information content (AvgIpc) is 2.36. The molecule has 2 amide bonds. The summed E-state index contributed by atoms with van der Waals surface area (Å²) < 4.78 is 0. The third-order valence-corrected chi connectivity index (χ3v) is 4.42. The first kappa shape index (κ1) is 17.8. The lowest BCUT2D eigenvalue weighted by Crippen LogP contribution is -2.51. The van der Waals surface area contributed by atoms with E-state index in [1.807, 2.05) is 20.8 Å². The van der Waals surface area contributed by atoms with Gasteiger partial charge in [-0.25, -0.2) is 4.79 Å². The van der Waals surface area contributed by atoms with Crippen LogP contribution >= 0.6 is 0 Å². The Morgan fingerprint density at radius 2 is 1.95 bits per heavy atom. The van der Waals surface area contributed by atoms with Gasteiger partial charge in [0.15, 0.2) is 0 Å². The number of rotatable bonds is 5. The highest BCUT2D eigenvalue weighted by atomic mass is 16.4. The summed E-state index contributed by atoms with van der Waals surface area (Å²) in [6.45, 7) is 8.01. The highest BCUT2D eigenvalue weighted by molar-refractivity contribution is 5.76. The summed E-state index contributed by atoms with van der Waals surface area (Å²) in [6.07, 6.45) is 5.55. The van der Waals surface area contributed by atoms with Gasteiger partial charge in [0, 0.05) is 12.1 Å². The lowest BCUT2D eigenvalue weighted by atomic mass is 9.84. The molecule has 122 valence electrons. The van der Waals surface area contributed by atoms with Crippen LogP contribution in [0.1, 0.15) is 66.2 Å². The highest BCUT2D eigenvalue weighted by Gasteiger charge is 2.29. The third-order valence-electron chi connectivity index (χ3n) is 4.42. The fraction of sp³-hybridized carbons (Fsp3) is 0.875. The van der Waals surface area contributed by atoms with Crippen LogP contribution in [0.15, 0.2) is 0 Å². The molecule has 5 nitrogen and oxygen atoms in total. The lowest BCUT2D eigenvalue weighted by molar-refractivity contribution is -0.138. The molecule has 3 atom stereocenters. The lowest BCUT2D eigenvalue weighted by Gasteiger charge is -2.33. The molecular formula is C16H30N2O3. The quantitative estimate of drug-likeness (QED) is 0.729. The number of aliphatic carboxylic acids is 1. The van der Waals surface area contributed by atoms with Crippen molar-refractivity contribution in [1.29, 1.82) is 0 Å². The van der Waals surface area contributed by atoms with E-state index in [0.717, 1.165) is 25.7 Å². The minimum atomic E-state index is -0.890. The predicted octanol–water partition coefficient (Wildman–Crippen LogP) is 3.14. The van der Waals surface area contributed by atoms with Crippen LogP contribution in [0.5, 0.6) is 0 Å². The van der Waals surface area contributed by atoms with Crippen LogP contribution in [0.4, 0.5) is 4.79 Å². The Balaban J connectivity index is 2.51. The van der Waals surface area contributed by atoms with Crippen molar-refractivity contribution in [2.45, 2.75) is 78.3 Å². The zero-order chi connectivity index (χ0) is 16.0. The molecule has 0 spiro atoms. The Hall–Kier alpha value is -1.26. The minimum Gasteiger partial charge on any atom is -0.481 e. The maximum atomic E-state index is 12.1. The fourth-order valence-electron chi connectivity index (χ4n) is 2.93. The SMILES string of the molecule is CCC1CCCC(NC(=O)NC(CC(=O)O)C(C)(C)C)C1. The van der Waals surface area contributed by atoms with E-state index < -0.39 is 5.97 Å². The van der Waals surface area contributed by atoms with Crippen LogP contribution in [-0.4, -0.2) is 29.2 Å². The molecule has 0 aromatic rings. The Kier molecular flexibility index (Phi) is 6.49. The predicted molar refractivity (Wildman–Crippen MR) is 83.2 cm³/mol. The van der Waals surface area contributed by atoms with E-state index in [9.17, 15) is 9.59 Å². The van der Waals surface area contributed by atoms with E-state index in [4.69, 9.17) is 5.11 Å². The largest absolute Gasteiger partial charge is 0.481 e. The van der Waals surface area contributed by atoms with E-state index in [0.29, 0.717) is 5.92 Å². The first-order valence-electron chi connectivity index (χ1n) is 8.01. The van der Waals surface area contributed by atoms with Crippen LogP contribution in [0.3, 0.4) is 0 Å². The summed E-state index contributed by atoms with van der Waals surface area (Å²) >= 11 is 0. The first-order chi connectivity index (χ1) is 9.72. The van der Waals surface area contributed by atoms with Crippen LogP contribution in [-0.2, 0) is 4.79 Å². The number of hydrogen-bond donors (Lipinski definition) is 3. The Morgan fingerprint density at radius 3 is 2.48 bits per heavy atom. The zero-order valence-electron chi connectivity index (χ0n) is 13.7. The van der Waals surface area contributed by atoms with Crippen molar-refractivity contribution in [1.82, 2.24) is 10.6 Å². The summed E-state index contributed by atoms with van der Waals surface area (Å²) in [5.74, 6) is -0.194. The number of amides is 2. The van der Waals surface area contributed by atoms with Gasteiger partial charge in [-0.1, -0.05) is 47.0 Å². The molecule has 1 saturated carbocycles. The number of nitrogens with one attached hydrogen (secondary N) is 2.